The van der Waals surface area contributed by atoms with Crippen molar-refractivity contribution in [3.05, 3.63) is 45.5 Å². The monoisotopic (exact) mass is 386 g/mol. The molecule has 0 aromatic heterocycles. The molecule has 150 valence electrons. The molecule has 0 spiro atoms. The topological polar surface area (TPSA) is 0 Å². The van der Waals surface area contributed by atoms with E-state index in [1.54, 1.807) is 22.3 Å². The fourth-order valence-electron chi connectivity index (χ4n) is 4.31. The highest BCUT2D eigenvalue weighted by Gasteiger charge is 2.18. The van der Waals surface area contributed by atoms with Gasteiger partial charge in [0.15, 0.2) is 0 Å². The van der Waals surface area contributed by atoms with Gasteiger partial charge in [-0.3, -0.25) is 0 Å². The number of aryl methyl sites for hydroxylation is 2. The lowest BCUT2D eigenvalue weighted by atomic mass is 9.82. The van der Waals surface area contributed by atoms with Crippen LogP contribution in [0.15, 0.2) is 18.2 Å². The SMILES string of the molecule is CCCCc1c(CCCC)c(CCCC)c2cc(Cl)ccc2c1CCCC. The van der Waals surface area contributed by atoms with Crippen LogP contribution >= 0.6 is 11.6 Å². The minimum atomic E-state index is 0.879. The van der Waals surface area contributed by atoms with E-state index in [1.165, 1.54) is 87.8 Å². The average Bonchev–Trinajstić information content (AvgIpc) is 2.68. The van der Waals surface area contributed by atoms with Crippen molar-refractivity contribution in [3.63, 3.8) is 0 Å². The van der Waals surface area contributed by atoms with Crippen LogP contribution in [0.2, 0.25) is 5.02 Å². The molecule has 0 saturated carbocycles. The molecule has 0 fully saturated rings. The van der Waals surface area contributed by atoms with E-state index >= 15 is 0 Å². The molecular formula is C26H39Cl. The van der Waals surface area contributed by atoms with Crippen LogP contribution in [-0.2, 0) is 25.7 Å². The second kappa shape index (κ2) is 11.7. The third-order valence-electron chi connectivity index (χ3n) is 5.85. The number of unbranched alkanes of at least 4 members (excludes halogenated alkanes) is 4. The van der Waals surface area contributed by atoms with Gasteiger partial charge in [0.05, 0.1) is 0 Å². The van der Waals surface area contributed by atoms with Gasteiger partial charge in [-0.1, -0.05) is 71.0 Å². The Labute approximate surface area is 172 Å². The van der Waals surface area contributed by atoms with Crippen molar-refractivity contribution in [2.75, 3.05) is 0 Å². The minimum Gasteiger partial charge on any atom is -0.0843 e. The van der Waals surface area contributed by atoms with Gasteiger partial charge in [0.25, 0.3) is 0 Å². The number of hydrogen-bond donors (Lipinski definition) is 0. The average molecular weight is 387 g/mol. The molecule has 0 amide bonds. The van der Waals surface area contributed by atoms with Gasteiger partial charge in [0, 0.05) is 5.02 Å². The third kappa shape index (κ3) is 5.74. The van der Waals surface area contributed by atoms with Gasteiger partial charge >= 0.3 is 0 Å². The van der Waals surface area contributed by atoms with E-state index in [9.17, 15) is 0 Å². The normalized spacial score (nSPS) is 11.4. The summed E-state index contributed by atoms with van der Waals surface area (Å²) in [4.78, 5) is 0. The highest BCUT2D eigenvalue weighted by atomic mass is 35.5. The number of fused-ring (bicyclic) bond motifs is 1. The fourth-order valence-corrected chi connectivity index (χ4v) is 4.48. The van der Waals surface area contributed by atoms with Gasteiger partial charge in [-0.05, 0) is 96.5 Å². The molecule has 2 aromatic rings. The number of halogens is 1. The van der Waals surface area contributed by atoms with Gasteiger partial charge in [0.1, 0.15) is 0 Å². The van der Waals surface area contributed by atoms with Crippen LogP contribution in [-0.4, -0.2) is 0 Å². The van der Waals surface area contributed by atoms with E-state index in [4.69, 9.17) is 11.6 Å². The molecule has 2 rings (SSSR count). The van der Waals surface area contributed by atoms with E-state index in [0.29, 0.717) is 0 Å². The van der Waals surface area contributed by atoms with Crippen LogP contribution in [0.3, 0.4) is 0 Å². The molecule has 0 heterocycles. The van der Waals surface area contributed by atoms with Crippen LogP contribution in [0.5, 0.6) is 0 Å². The summed E-state index contributed by atoms with van der Waals surface area (Å²) in [5, 5.41) is 3.79. The van der Waals surface area contributed by atoms with Crippen molar-refractivity contribution in [3.8, 4) is 0 Å². The lowest BCUT2D eigenvalue weighted by molar-refractivity contribution is 0.724. The highest BCUT2D eigenvalue weighted by molar-refractivity contribution is 6.31. The molecule has 0 atom stereocenters. The van der Waals surface area contributed by atoms with Crippen molar-refractivity contribution in [2.45, 2.75) is 105 Å². The van der Waals surface area contributed by atoms with Crippen LogP contribution in [0, 0.1) is 0 Å². The van der Waals surface area contributed by atoms with Crippen LogP contribution in [0.4, 0.5) is 0 Å². The zero-order valence-electron chi connectivity index (χ0n) is 18.1. The zero-order valence-corrected chi connectivity index (χ0v) is 18.9. The molecule has 27 heavy (non-hydrogen) atoms. The summed E-state index contributed by atoms with van der Waals surface area (Å²) in [7, 11) is 0. The maximum atomic E-state index is 6.46. The molecule has 0 saturated heterocycles. The molecule has 0 radical (unpaired) electrons. The van der Waals surface area contributed by atoms with Crippen molar-refractivity contribution in [2.24, 2.45) is 0 Å². The Bertz CT molecular complexity index is 714. The lowest BCUT2D eigenvalue weighted by Gasteiger charge is -2.23. The largest absolute Gasteiger partial charge is 0.0843 e. The second-order valence-electron chi connectivity index (χ2n) is 8.02. The van der Waals surface area contributed by atoms with Gasteiger partial charge in [-0.25, -0.2) is 0 Å². The summed E-state index contributed by atoms with van der Waals surface area (Å²) in [6.07, 6.45) is 15.0. The van der Waals surface area contributed by atoms with E-state index in [1.807, 2.05) is 0 Å². The number of benzene rings is 2. The van der Waals surface area contributed by atoms with Crippen LogP contribution in [0.1, 0.15) is 101 Å². The van der Waals surface area contributed by atoms with Crippen molar-refractivity contribution in [1.82, 2.24) is 0 Å². The zero-order chi connectivity index (χ0) is 19.6. The Morgan fingerprint density at radius 3 is 1.41 bits per heavy atom. The summed E-state index contributed by atoms with van der Waals surface area (Å²) in [5.41, 5.74) is 6.61. The molecule has 0 nitrogen and oxygen atoms in total. The Hall–Kier alpha value is -1.01. The molecule has 0 unspecified atom stereocenters. The fraction of sp³-hybridized carbons (Fsp3) is 0.615. The predicted octanol–water partition coefficient (Wildman–Crippen LogP) is 8.86. The number of hydrogen-bond acceptors (Lipinski definition) is 0. The van der Waals surface area contributed by atoms with Gasteiger partial charge in [0.2, 0.25) is 0 Å². The third-order valence-corrected chi connectivity index (χ3v) is 6.08. The second-order valence-corrected chi connectivity index (χ2v) is 8.45. The molecule has 2 aromatic carbocycles. The first-order chi connectivity index (χ1) is 13.2. The Kier molecular flexibility index (Phi) is 9.69. The van der Waals surface area contributed by atoms with E-state index in [2.05, 4.69) is 45.9 Å². The summed E-state index contributed by atoms with van der Waals surface area (Å²) >= 11 is 6.46. The molecular weight excluding hydrogens is 348 g/mol. The van der Waals surface area contributed by atoms with Crippen LogP contribution in [0.25, 0.3) is 10.8 Å². The van der Waals surface area contributed by atoms with Crippen LogP contribution < -0.4 is 0 Å². The van der Waals surface area contributed by atoms with Crippen molar-refractivity contribution < 1.29 is 0 Å². The van der Waals surface area contributed by atoms with Gasteiger partial charge in [-0.15, -0.1) is 0 Å². The lowest BCUT2D eigenvalue weighted by Crippen LogP contribution is -2.08. The van der Waals surface area contributed by atoms with Crippen molar-refractivity contribution >= 4 is 22.4 Å². The Morgan fingerprint density at radius 1 is 0.556 bits per heavy atom. The smallest absolute Gasteiger partial charge is 0.0412 e. The maximum Gasteiger partial charge on any atom is 0.0412 e. The highest BCUT2D eigenvalue weighted by Crippen LogP contribution is 2.36. The standard InChI is InChI=1S/C26H39Cl/c1-5-9-13-21-22(14-10-6-2)24(16-12-8-4)26-19-20(27)17-18-25(26)23(21)15-11-7-3/h17-19H,5-16H2,1-4H3. The first-order valence-corrected chi connectivity index (χ1v) is 11.8. The molecule has 0 aliphatic heterocycles. The van der Waals surface area contributed by atoms with E-state index < -0.39 is 0 Å². The molecule has 0 N–H and O–H groups in total. The Morgan fingerprint density at radius 2 is 0.963 bits per heavy atom. The maximum absolute atomic E-state index is 6.46. The quantitative estimate of drug-likeness (QED) is 0.341. The Balaban J connectivity index is 2.75. The van der Waals surface area contributed by atoms with E-state index in [-0.39, 0.29) is 0 Å². The summed E-state index contributed by atoms with van der Waals surface area (Å²) in [6, 6.07) is 6.64. The molecule has 0 aliphatic carbocycles. The molecule has 0 aliphatic rings. The van der Waals surface area contributed by atoms with Gasteiger partial charge in [-0.2, -0.15) is 0 Å². The first kappa shape index (κ1) is 22.3. The van der Waals surface area contributed by atoms with Crippen molar-refractivity contribution in [1.29, 1.82) is 0 Å². The van der Waals surface area contributed by atoms with Gasteiger partial charge < -0.3 is 0 Å². The number of rotatable bonds is 12. The first-order valence-electron chi connectivity index (χ1n) is 11.4. The molecule has 0 bridgehead atoms. The summed E-state index contributed by atoms with van der Waals surface area (Å²) in [6.45, 7) is 9.23. The minimum absolute atomic E-state index is 0.879. The summed E-state index contributed by atoms with van der Waals surface area (Å²) < 4.78 is 0. The molecule has 1 heteroatoms. The van der Waals surface area contributed by atoms with E-state index in [0.717, 1.165) is 5.02 Å². The summed E-state index contributed by atoms with van der Waals surface area (Å²) in [5.74, 6) is 0. The predicted molar refractivity (Wildman–Crippen MR) is 123 cm³/mol.